The van der Waals surface area contributed by atoms with Crippen LogP contribution in [0.15, 0.2) is 0 Å². The van der Waals surface area contributed by atoms with Crippen molar-refractivity contribution in [2.45, 2.75) is 44.2 Å². The zero-order valence-corrected chi connectivity index (χ0v) is 10.2. The molecule has 1 rings (SSSR count). The molecule has 7 nitrogen and oxygen atoms in total. The molecule has 18 heavy (non-hydrogen) atoms. The van der Waals surface area contributed by atoms with Crippen LogP contribution in [0.1, 0.15) is 32.1 Å². The van der Waals surface area contributed by atoms with Crippen LogP contribution < -0.4 is 22.5 Å². The highest BCUT2D eigenvalue weighted by Crippen LogP contribution is 2.23. The fourth-order valence-electron chi connectivity index (χ4n) is 2.14. The van der Waals surface area contributed by atoms with Crippen LogP contribution >= 0.6 is 0 Å². The number of amides is 3. The SMILES string of the molecule is NC(=O)CC(N)C(=O)NC1CCC(C(N)=O)CC1. The van der Waals surface area contributed by atoms with Crippen molar-refractivity contribution in [2.24, 2.45) is 23.1 Å². The lowest BCUT2D eigenvalue weighted by molar-refractivity contribution is -0.127. The van der Waals surface area contributed by atoms with Gasteiger partial charge in [0.25, 0.3) is 0 Å². The van der Waals surface area contributed by atoms with Crippen LogP contribution in [0, 0.1) is 5.92 Å². The average molecular weight is 256 g/mol. The molecule has 3 amide bonds. The second-order valence-electron chi connectivity index (χ2n) is 4.74. The molecule has 0 spiro atoms. The molecule has 1 fully saturated rings. The minimum atomic E-state index is -0.906. The lowest BCUT2D eigenvalue weighted by atomic mass is 9.85. The molecular weight excluding hydrogens is 236 g/mol. The van der Waals surface area contributed by atoms with E-state index < -0.39 is 11.9 Å². The van der Waals surface area contributed by atoms with Gasteiger partial charge in [-0.25, -0.2) is 0 Å². The van der Waals surface area contributed by atoms with E-state index in [1.165, 1.54) is 0 Å². The van der Waals surface area contributed by atoms with Crippen molar-refractivity contribution in [3.63, 3.8) is 0 Å². The van der Waals surface area contributed by atoms with Crippen molar-refractivity contribution >= 4 is 17.7 Å². The predicted molar refractivity (Wildman–Crippen MR) is 64.9 cm³/mol. The van der Waals surface area contributed by atoms with Gasteiger partial charge in [-0.3, -0.25) is 14.4 Å². The molecule has 1 unspecified atom stereocenters. The van der Waals surface area contributed by atoms with Crippen LogP contribution in [-0.2, 0) is 14.4 Å². The Morgan fingerprint density at radius 2 is 1.67 bits per heavy atom. The molecule has 1 aliphatic rings. The molecule has 1 saturated carbocycles. The second kappa shape index (κ2) is 6.34. The molecule has 102 valence electrons. The maximum Gasteiger partial charge on any atom is 0.237 e. The van der Waals surface area contributed by atoms with Crippen molar-refractivity contribution in [3.05, 3.63) is 0 Å². The van der Waals surface area contributed by atoms with Gasteiger partial charge in [-0.2, -0.15) is 0 Å². The summed E-state index contributed by atoms with van der Waals surface area (Å²) in [6, 6.07) is -0.914. The molecule has 7 N–H and O–H groups in total. The van der Waals surface area contributed by atoms with Gasteiger partial charge < -0.3 is 22.5 Å². The molecule has 0 aromatic rings. The van der Waals surface area contributed by atoms with Crippen LogP contribution in [-0.4, -0.2) is 29.8 Å². The number of rotatable bonds is 5. The first-order valence-electron chi connectivity index (χ1n) is 6.03. The third-order valence-electron chi connectivity index (χ3n) is 3.23. The van der Waals surface area contributed by atoms with Gasteiger partial charge in [0, 0.05) is 12.0 Å². The third-order valence-corrected chi connectivity index (χ3v) is 3.23. The molecule has 0 aromatic carbocycles. The summed E-state index contributed by atoms with van der Waals surface area (Å²) in [5, 5.41) is 2.76. The smallest absolute Gasteiger partial charge is 0.237 e. The Morgan fingerprint density at radius 1 is 1.11 bits per heavy atom. The first kappa shape index (κ1) is 14.4. The number of nitrogens with one attached hydrogen (secondary N) is 1. The molecule has 1 aliphatic carbocycles. The van der Waals surface area contributed by atoms with Crippen molar-refractivity contribution in [2.75, 3.05) is 0 Å². The summed E-state index contributed by atoms with van der Waals surface area (Å²) in [6.45, 7) is 0. The number of hydrogen-bond acceptors (Lipinski definition) is 4. The van der Waals surface area contributed by atoms with E-state index in [4.69, 9.17) is 17.2 Å². The van der Waals surface area contributed by atoms with Gasteiger partial charge in [0.05, 0.1) is 12.5 Å². The molecule has 0 radical (unpaired) electrons. The quantitative estimate of drug-likeness (QED) is 0.467. The first-order chi connectivity index (χ1) is 8.40. The minimum Gasteiger partial charge on any atom is -0.370 e. The number of primary amides is 2. The summed E-state index contributed by atoms with van der Waals surface area (Å²) in [7, 11) is 0. The number of carbonyl (C=O) groups excluding carboxylic acids is 3. The monoisotopic (exact) mass is 256 g/mol. The highest BCUT2D eigenvalue weighted by Gasteiger charge is 2.27. The zero-order valence-electron chi connectivity index (χ0n) is 10.2. The lowest BCUT2D eigenvalue weighted by Gasteiger charge is -2.28. The van der Waals surface area contributed by atoms with E-state index in [0.29, 0.717) is 25.7 Å². The van der Waals surface area contributed by atoms with Crippen molar-refractivity contribution in [3.8, 4) is 0 Å². The molecule has 1 atom stereocenters. The van der Waals surface area contributed by atoms with Crippen LogP contribution in [0.5, 0.6) is 0 Å². The average Bonchev–Trinajstić information content (AvgIpc) is 2.28. The Morgan fingerprint density at radius 3 is 2.11 bits per heavy atom. The van der Waals surface area contributed by atoms with Crippen molar-refractivity contribution in [1.29, 1.82) is 0 Å². The van der Waals surface area contributed by atoms with Gasteiger partial charge in [-0.1, -0.05) is 0 Å². The largest absolute Gasteiger partial charge is 0.370 e. The van der Waals surface area contributed by atoms with Gasteiger partial charge >= 0.3 is 0 Å². The highest BCUT2D eigenvalue weighted by atomic mass is 16.2. The fraction of sp³-hybridized carbons (Fsp3) is 0.727. The summed E-state index contributed by atoms with van der Waals surface area (Å²) in [5.74, 6) is -1.37. The predicted octanol–water partition coefficient (Wildman–Crippen LogP) is -1.65. The molecule has 0 heterocycles. The maximum absolute atomic E-state index is 11.6. The Hall–Kier alpha value is -1.63. The van der Waals surface area contributed by atoms with E-state index in [-0.39, 0.29) is 30.2 Å². The van der Waals surface area contributed by atoms with Crippen LogP contribution in [0.4, 0.5) is 0 Å². The van der Waals surface area contributed by atoms with Gasteiger partial charge in [0.2, 0.25) is 17.7 Å². The molecule has 7 heteroatoms. The van der Waals surface area contributed by atoms with Crippen LogP contribution in [0.3, 0.4) is 0 Å². The van der Waals surface area contributed by atoms with Gasteiger partial charge in [0.15, 0.2) is 0 Å². The summed E-state index contributed by atoms with van der Waals surface area (Å²) in [5.41, 5.74) is 15.7. The Kier molecular flexibility index (Phi) is 5.08. The third kappa shape index (κ3) is 4.33. The van der Waals surface area contributed by atoms with Crippen molar-refractivity contribution in [1.82, 2.24) is 5.32 Å². The van der Waals surface area contributed by atoms with E-state index in [9.17, 15) is 14.4 Å². The Bertz CT molecular complexity index is 337. The summed E-state index contributed by atoms with van der Waals surface area (Å²) < 4.78 is 0. The first-order valence-corrected chi connectivity index (χ1v) is 6.03. The van der Waals surface area contributed by atoms with E-state index in [0.717, 1.165) is 0 Å². The van der Waals surface area contributed by atoms with Crippen molar-refractivity contribution < 1.29 is 14.4 Å². The molecule has 0 aliphatic heterocycles. The fourth-order valence-corrected chi connectivity index (χ4v) is 2.14. The molecule has 0 saturated heterocycles. The highest BCUT2D eigenvalue weighted by molar-refractivity contribution is 5.87. The van der Waals surface area contributed by atoms with E-state index in [1.807, 2.05) is 0 Å². The lowest BCUT2D eigenvalue weighted by Crippen LogP contribution is -2.48. The second-order valence-corrected chi connectivity index (χ2v) is 4.74. The normalized spacial score (nSPS) is 25.2. The topological polar surface area (TPSA) is 141 Å². The van der Waals surface area contributed by atoms with Crippen LogP contribution in [0.25, 0.3) is 0 Å². The zero-order chi connectivity index (χ0) is 13.7. The van der Waals surface area contributed by atoms with E-state index in [2.05, 4.69) is 5.32 Å². The van der Waals surface area contributed by atoms with E-state index in [1.54, 1.807) is 0 Å². The minimum absolute atomic E-state index is 0.00738. The molecule has 0 bridgehead atoms. The van der Waals surface area contributed by atoms with Gasteiger partial charge in [-0.15, -0.1) is 0 Å². The van der Waals surface area contributed by atoms with Crippen LogP contribution in [0.2, 0.25) is 0 Å². The van der Waals surface area contributed by atoms with E-state index >= 15 is 0 Å². The number of hydrogen-bond donors (Lipinski definition) is 4. The summed E-state index contributed by atoms with van der Waals surface area (Å²) in [4.78, 5) is 33.2. The summed E-state index contributed by atoms with van der Waals surface area (Å²) >= 11 is 0. The van der Waals surface area contributed by atoms with Gasteiger partial charge in [0.1, 0.15) is 0 Å². The standard InChI is InChI=1S/C11H20N4O3/c12-8(5-9(13)16)11(18)15-7-3-1-6(2-4-7)10(14)17/h6-8H,1-5,12H2,(H2,13,16)(H2,14,17)(H,15,18). The van der Waals surface area contributed by atoms with Gasteiger partial charge in [-0.05, 0) is 25.7 Å². The molecular formula is C11H20N4O3. The number of nitrogens with two attached hydrogens (primary N) is 3. The summed E-state index contributed by atoms with van der Waals surface area (Å²) in [6.07, 6.45) is 2.57. The maximum atomic E-state index is 11.6. The Balaban J connectivity index is 2.34. The molecule has 0 aromatic heterocycles. The number of carbonyl (C=O) groups is 3. The Labute approximate surface area is 105 Å².